The molecule has 0 nitrogen and oxygen atoms in total. The Morgan fingerprint density at radius 1 is 0.792 bits per heavy atom. The van der Waals surface area contributed by atoms with Gasteiger partial charge in [0.2, 0.25) is 0 Å². The molecule has 132 valence electrons. The largest absolute Gasteiger partial charge is 0.0912 e. The van der Waals surface area contributed by atoms with E-state index < -0.39 is 9.52 Å². The Kier molecular flexibility index (Phi) is 9.92. The molecule has 2 aliphatic rings. The van der Waals surface area contributed by atoms with Crippen LogP contribution in [-0.2, 0) is 21.7 Å². The molecule has 0 saturated heterocycles. The van der Waals surface area contributed by atoms with Crippen molar-refractivity contribution in [2.24, 2.45) is 0 Å². The molecule has 0 radical (unpaired) electrons. The molecule has 0 aromatic heterocycles. The molecule has 0 heterocycles. The van der Waals surface area contributed by atoms with Gasteiger partial charge in [-0.25, -0.2) is 0 Å². The van der Waals surface area contributed by atoms with E-state index >= 15 is 0 Å². The van der Waals surface area contributed by atoms with Crippen molar-refractivity contribution in [2.45, 2.75) is 79.1 Å². The minimum atomic E-state index is -0.565. The summed E-state index contributed by atoms with van der Waals surface area (Å²) in [5, 5.41) is 5.23. The normalized spacial score (nSPS) is 18.2. The third kappa shape index (κ3) is 5.24. The quantitative estimate of drug-likeness (QED) is 0.378. The van der Waals surface area contributed by atoms with Gasteiger partial charge in [-0.1, -0.05) is 61.0 Å². The molecule has 2 rings (SSSR count). The van der Waals surface area contributed by atoms with Crippen LogP contribution in [0.5, 0.6) is 0 Å². The van der Waals surface area contributed by atoms with Crippen LogP contribution in [-0.4, -0.2) is 9.52 Å². The predicted molar refractivity (Wildman–Crippen MR) is 108 cm³/mol. The van der Waals surface area contributed by atoms with Crippen LogP contribution in [0.2, 0.25) is 0 Å². The van der Waals surface area contributed by atoms with E-state index in [9.17, 15) is 0 Å². The SMILES string of the molecule is CCCCC1=C(C)CC(Cl)=C1[SiH2]C1=C(Cl)CC(C)=C1CCCC.[Ti]. The number of allylic oxidation sites excluding steroid dienone is 8. The van der Waals surface area contributed by atoms with Crippen LogP contribution in [0.15, 0.2) is 42.7 Å². The fourth-order valence-electron chi connectivity index (χ4n) is 3.75. The van der Waals surface area contributed by atoms with E-state index in [2.05, 4.69) is 27.7 Å². The van der Waals surface area contributed by atoms with Crippen LogP contribution in [0.25, 0.3) is 0 Å². The van der Waals surface area contributed by atoms with Crippen molar-refractivity contribution in [2.75, 3.05) is 0 Å². The van der Waals surface area contributed by atoms with Crippen LogP contribution >= 0.6 is 23.2 Å². The molecule has 0 aromatic carbocycles. The maximum Gasteiger partial charge on any atom is 0.0912 e. The van der Waals surface area contributed by atoms with Gasteiger partial charge >= 0.3 is 0 Å². The molecule has 0 aromatic rings. The van der Waals surface area contributed by atoms with E-state index in [4.69, 9.17) is 23.2 Å². The van der Waals surface area contributed by atoms with Crippen molar-refractivity contribution >= 4 is 32.7 Å². The van der Waals surface area contributed by atoms with Crippen LogP contribution < -0.4 is 0 Å². The smallest absolute Gasteiger partial charge is 0.0889 e. The van der Waals surface area contributed by atoms with Crippen LogP contribution in [0.4, 0.5) is 0 Å². The van der Waals surface area contributed by atoms with Gasteiger partial charge in [-0.2, -0.15) is 0 Å². The second-order valence-corrected chi connectivity index (χ2v) is 9.70. The number of halogens is 2. The van der Waals surface area contributed by atoms with Crippen LogP contribution in [0.1, 0.15) is 79.1 Å². The standard InChI is InChI=1S/C20H30Cl2Si.Ti/c1-5-7-9-15-13(3)11-17(21)19(15)23-20-16(10-8-6-2)14(4)12-18(20)22;/h5-12,23H2,1-4H3;. The first-order valence-corrected chi connectivity index (χ1v) is 11.3. The molecule has 0 N–H and O–H groups in total. The maximum atomic E-state index is 6.65. The van der Waals surface area contributed by atoms with Gasteiger partial charge in [-0.05, 0) is 61.1 Å². The summed E-state index contributed by atoms with van der Waals surface area (Å²) in [6.45, 7) is 9.05. The first-order chi connectivity index (χ1) is 11.0. The van der Waals surface area contributed by atoms with E-state index in [0.29, 0.717) is 0 Å². The Morgan fingerprint density at radius 3 is 1.50 bits per heavy atom. The fraction of sp³-hybridized carbons (Fsp3) is 0.600. The summed E-state index contributed by atoms with van der Waals surface area (Å²) in [7, 11) is -0.565. The van der Waals surface area contributed by atoms with E-state index in [1.807, 2.05) is 0 Å². The molecule has 2 aliphatic carbocycles. The molecule has 4 heteroatoms. The average molecular weight is 417 g/mol. The monoisotopic (exact) mass is 416 g/mol. The summed E-state index contributed by atoms with van der Waals surface area (Å²) in [5.41, 5.74) is 6.13. The van der Waals surface area contributed by atoms with Crippen molar-refractivity contribution in [3.8, 4) is 0 Å². The summed E-state index contributed by atoms with van der Waals surface area (Å²) in [4.78, 5) is 0. The van der Waals surface area contributed by atoms with E-state index in [1.165, 1.54) is 60.1 Å². The molecule has 24 heavy (non-hydrogen) atoms. The zero-order chi connectivity index (χ0) is 17.0. The maximum absolute atomic E-state index is 6.65. The Hall–Kier alpha value is 0.471. The molecule has 0 unspecified atom stereocenters. The minimum Gasteiger partial charge on any atom is -0.0889 e. The summed E-state index contributed by atoms with van der Waals surface area (Å²) < 4.78 is 0. The van der Waals surface area contributed by atoms with Crippen LogP contribution in [0.3, 0.4) is 0 Å². The number of unbranched alkanes of at least 4 members (excludes halogenated alkanes) is 2. The average Bonchev–Trinajstić information content (AvgIpc) is 2.92. The van der Waals surface area contributed by atoms with Crippen molar-refractivity contribution in [1.29, 1.82) is 0 Å². The Labute approximate surface area is 175 Å². The Balaban J connectivity index is 0.00000288. The van der Waals surface area contributed by atoms with Crippen molar-refractivity contribution in [1.82, 2.24) is 0 Å². The van der Waals surface area contributed by atoms with E-state index in [1.54, 1.807) is 11.1 Å². The molecule has 0 spiro atoms. The molecule has 0 fully saturated rings. The van der Waals surface area contributed by atoms with Gasteiger partial charge in [0.25, 0.3) is 0 Å². The number of rotatable bonds is 8. The van der Waals surface area contributed by atoms with Gasteiger partial charge in [-0.15, -0.1) is 0 Å². The topological polar surface area (TPSA) is 0 Å². The van der Waals surface area contributed by atoms with Crippen molar-refractivity contribution < 1.29 is 21.7 Å². The van der Waals surface area contributed by atoms with Gasteiger partial charge in [-0.3, -0.25) is 0 Å². The Bertz CT molecular complexity index is 545. The van der Waals surface area contributed by atoms with E-state index in [0.717, 1.165) is 22.9 Å². The van der Waals surface area contributed by atoms with Crippen LogP contribution in [0, 0.1) is 0 Å². The first kappa shape index (κ1) is 22.5. The molecule has 0 saturated carbocycles. The van der Waals surface area contributed by atoms with Gasteiger partial charge in [0.15, 0.2) is 0 Å². The summed E-state index contributed by atoms with van der Waals surface area (Å²) in [6.07, 6.45) is 9.35. The van der Waals surface area contributed by atoms with Gasteiger partial charge in [0.05, 0.1) is 9.52 Å². The van der Waals surface area contributed by atoms with Crippen molar-refractivity contribution in [3.63, 3.8) is 0 Å². The fourth-order valence-corrected chi connectivity index (χ4v) is 7.15. The second kappa shape index (κ2) is 10.6. The second-order valence-electron chi connectivity index (χ2n) is 7.02. The minimum absolute atomic E-state index is 0. The molecular weight excluding hydrogens is 387 g/mol. The molecule has 0 aliphatic heterocycles. The van der Waals surface area contributed by atoms with E-state index in [-0.39, 0.29) is 21.7 Å². The molecule has 0 bridgehead atoms. The first-order valence-electron chi connectivity index (χ1n) is 9.12. The van der Waals surface area contributed by atoms with Gasteiger partial charge in [0, 0.05) is 44.6 Å². The third-order valence-corrected chi connectivity index (χ3v) is 8.75. The Morgan fingerprint density at radius 2 is 1.17 bits per heavy atom. The summed E-state index contributed by atoms with van der Waals surface area (Å²) >= 11 is 13.3. The third-order valence-electron chi connectivity index (χ3n) is 5.17. The van der Waals surface area contributed by atoms with Crippen molar-refractivity contribution in [3.05, 3.63) is 42.7 Å². The zero-order valence-corrected chi connectivity index (χ0v) is 20.1. The number of hydrogen-bond acceptors (Lipinski definition) is 0. The molecular formula is C20H30Cl2SiTi. The molecule has 0 amide bonds. The van der Waals surface area contributed by atoms with Gasteiger partial charge in [0.1, 0.15) is 0 Å². The zero-order valence-electron chi connectivity index (χ0n) is 15.6. The summed E-state index contributed by atoms with van der Waals surface area (Å²) in [5.74, 6) is 0. The number of hydrogen-bond donors (Lipinski definition) is 0. The predicted octanol–water partition coefficient (Wildman–Crippen LogP) is 6.87. The molecule has 0 atom stereocenters. The summed E-state index contributed by atoms with van der Waals surface area (Å²) in [6, 6.07) is 0. The van der Waals surface area contributed by atoms with Gasteiger partial charge < -0.3 is 0 Å².